The summed E-state index contributed by atoms with van der Waals surface area (Å²) in [7, 11) is 0. The molecule has 0 spiro atoms. The summed E-state index contributed by atoms with van der Waals surface area (Å²) < 4.78 is 41.2. The Hall–Kier alpha value is -1.76. The molecular formula is C13H17F3N2O2. The van der Waals surface area contributed by atoms with Crippen molar-refractivity contribution in [3.8, 4) is 5.75 Å². The highest BCUT2D eigenvalue weighted by molar-refractivity contribution is 5.90. The van der Waals surface area contributed by atoms with Gasteiger partial charge in [0, 0.05) is 24.2 Å². The molecule has 0 heterocycles. The smallest absolute Gasteiger partial charge is 0.387 e. The maximum absolute atomic E-state index is 13.4. The van der Waals surface area contributed by atoms with E-state index in [0.29, 0.717) is 12.8 Å². The highest BCUT2D eigenvalue weighted by Gasteiger charge is 2.11. The van der Waals surface area contributed by atoms with Crippen molar-refractivity contribution in [2.24, 2.45) is 5.73 Å². The summed E-state index contributed by atoms with van der Waals surface area (Å²) >= 11 is 0. The molecule has 0 saturated carbocycles. The first-order chi connectivity index (χ1) is 9.38. The molecule has 0 fully saturated rings. The molecule has 0 aliphatic rings. The Morgan fingerprint density at radius 1 is 1.45 bits per heavy atom. The van der Waals surface area contributed by atoms with Gasteiger partial charge in [-0.3, -0.25) is 4.79 Å². The Kier molecular flexibility index (Phi) is 6.30. The van der Waals surface area contributed by atoms with E-state index < -0.39 is 18.2 Å². The molecule has 1 amide bonds. The standard InChI is InChI=1S/C13H17F3N2O2/c1-8(17)3-2-4-12(19)18-9-5-6-11(10(14)7-9)20-13(15)16/h5-8,13H,2-4,17H2,1H3,(H,18,19). The van der Waals surface area contributed by atoms with Crippen LogP contribution in [-0.2, 0) is 4.79 Å². The fourth-order valence-electron chi connectivity index (χ4n) is 1.58. The van der Waals surface area contributed by atoms with Gasteiger partial charge in [-0.25, -0.2) is 4.39 Å². The van der Waals surface area contributed by atoms with Gasteiger partial charge in [0.05, 0.1) is 0 Å². The molecule has 112 valence electrons. The van der Waals surface area contributed by atoms with Crippen LogP contribution in [-0.4, -0.2) is 18.6 Å². The minimum absolute atomic E-state index is 0.0195. The lowest BCUT2D eigenvalue weighted by atomic mass is 10.1. The van der Waals surface area contributed by atoms with E-state index in [1.165, 1.54) is 6.07 Å². The maximum atomic E-state index is 13.4. The fourth-order valence-corrected chi connectivity index (χ4v) is 1.58. The average molecular weight is 290 g/mol. The minimum Gasteiger partial charge on any atom is -0.432 e. The molecule has 7 heteroatoms. The summed E-state index contributed by atoms with van der Waals surface area (Å²) in [6, 6.07) is 3.29. The lowest BCUT2D eigenvalue weighted by molar-refractivity contribution is -0.116. The fraction of sp³-hybridized carbons (Fsp3) is 0.462. The zero-order valence-electron chi connectivity index (χ0n) is 11.0. The van der Waals surface area contributed by atoms with Crippen LogP contribution in [0.5, 0.6) is 5.75 Å². The molecule has 1 aromatic carbocycles. The molecule has 0 bridgehead atoms. The zero-order valence-corrected chi connectivity index (χ0v) is 11.0. The molecule has 0 aromatic heterocycles. The Morgan fingerprint density at radius 2 is 2.15 bits per heavy atom. The molecule has 1 aromatic rings. The van der Waals surface area contributed by atoms with Gasteiger partial charge >= 0.3 is 6.61 Å². The molecule has 0 aliphatic carbocycles. The Bertz CT molecular complexity index is 453. The number of hydrogen-bond acceptors (Lipinski definition) is 3. The van der Waals surface area contributed by atoms with E-state index in [2.05, 4.69) is 10.1 Å². The van der Waals surface area contributed by atoms with E-state index in [1.54, 1.807) is 0 Å². The Labute approximate surface area is 115 Å². The van der Waals surface area contributed by atoms with Gasteiger partial charge < -0.3 is 15.8 Å². The topological polar surface area (TPSA) is 64.4 Å². The van der Waals surface area contributed by atoms with E-state index in [1.807, 2.05) is 6.92 Å². The van der Waals surface area contributed by atoms with E-state index >= 15 is 0 Å². The van der Waals surface area contributed by atoms with Gasteiger partial charge in [0.2, 0.25) is 5.91 Å². The maximum Gasteiger partial charge on any atom is 0.387 e. The number of halogens is 3. The number of carbonyl (C=O) groups is 1. The van der Waals surface area contributed by atoms with Crippen LogP contribution in [0.1, 0.15) is 26.2 Å². The largest absolute Gasteiger partial charge is 0.432 e. The van der Waals surface area contributed by atoms with Crippen molar-refractivity contribution in [2.75, 3.05) is 5.32 Å². The van der Waals surface area contributed by atoms with Gasteiger partial charge in [0.25, 0.3) is 0 Å². The highest BCUT2D eigenvalue weighted by Crippen LogP contribution is 2.23. The second kappa shape index (κ2) is 7.74. The third-order valence-corrected chi connectivity index (χ3v) is 2.49. The zero-order chi connectivity index (χ0) is 15.1. The number of benzene rings is 1. The molecule has 4 nitrogen and oxygen atoms in total. The molecule has 3 N–H and O–H groups in total. The van der Waals surface area contributed by atoms with E-state index in [4.69, 9.17) is 5.73 Å². The molecule has 1 atom stereocenters. The second-order valence-electron chi connectivity index (χ2n) is 4.44. The van der Waals surface area contributed by atoms with Crippen LogP contribution in [0.3, 0.4) is 0 Å². The molecular weight excluding hydrogens is 273 g/mol. The number of rotatable bonds is 7. The SMILES string of the molecule is CC(N)CCCC(=O)Nc1ccc(OC(F)F)c(F)c1. The summed E-state index contributed by atoms with van der Waals surface area (Å²) in [6.07, 6.45) is 1.60. The predicted molar refractivity (Wildman–Crippen MR) is 69.2 cm³/mol. The molecule has 0 aliphatic heterocycles. The van der Waals surface area contributed by atoms with Gasteiger partial charge in [-0.15, -0.1) is 0 Å². The molecule has 1 rings (SSSR count). The molecule has 0 radical (unpaired) electrons. The monoisotopic (exact) mass is 290 g/mol. The molecule has 0 saturated heterocycles. The minimum atomic E-state index is -3.09. The van der Waals surface area contributed by atoms with Crippen LogP contribution in [0.15, 0.2) is 18.2 Å². The van der Waals surface area contributed by atoms with Crippen LogP contribution in [0.2, 0.25) is 0 Å². The van der Waals surface area contributed by atoms with Crippen LogP contribution >= 0.6 is 0 Å². The number of amides is 1. The van der Waals surface area contributed by atoms with Crippen molar-refractivity contribution in [1.29, 1.82) is 0 Å². The third-order valence-electron chi connectivity index (χ3n) is 2.49. The summed E-state index contributed by atoms with van der Waals surface area (Å²) in [5.41, 5.74) is 5.74. The van der Waals surface area contributed by atoms with Crippen LogP contribution in [0.25, 0.3) is 0 Å². The van der Waals surface area contributed by atoms with Gasteiger partial charge in [0.1, 0.15) is 0 Å². The number of hydrogen-bond donors (Lipinski definition) is 2. The van der Waals surface area contributed by atoms with E-state index in [0.717, 1.165) is 12.1 Å². The van der Waals surface area contributed by atoms with Crippen molar-refractivity contribution in [2.45, 2.75) is 38.8 Å². The van der Waals surface area contributed by atoms with Crippen LogP contribution in [0, 0.1) is 5.82 Å². The second-order valence-corrected chi connectivity index (χ2v) is 4.44. The number of nitrogens with one attached hydrogen (secondary N) is 1. The van der Waals surface area contributed by atoms with Gasteiger partial charge in [-0.05, 0) is 31.9 Å². The first-order valence-electron chi connectivity index (χ1n) is 6.18. The van der Waals surface area contributed by atoms with Crippen molar-refractivity contribution in [3.63, 3.8) is 0 Å². The lowest BCUT2D eigenvalue weighted by Crippen LogP contribution is -2.17. The molecule has 20 heavy (non-hydrogen) atoms. The van der Waals surface area contributed by atoms with Crippen molar-refractivity contribution < 1.29 is 22.7 Å². The Morgan fingerprint density at radius 3 is 2.70 bits per heavy atom. The lowest BCUT2D eigenvalue weighted by Gasteiger charge is -2.09. The number of alkyl halides is 2. The van der Waals surface area contributed by atoms with Crippen LogP contribution < -0.4 is 15.8 Å². The third kappa shape index (κ3) is 5.92. The number of carbonyl (C=O) groups excluding carboxylic acids is 1. The quantitative estimate of drug-likeness (QED) is 0.811. The Balaban J connectivity index is 2.52. The summed E-state index contributed by atoms with van der Waals surface area (Å²) in [4.78, 5) is 11.5. The van der Waals surface area contributed by atoms with Crippen LogP contribution in [0.4, 0.5) is 18.9 Å². The van der Waals surface area contributed by atoms with E-state index in [-0.39, 0.29) is 24.1 Å². The highest BCUT2D eigenvalue weighted by atomic mass is 19.3. The number of nitrogens with two attached hydrogens (primary N) is 1. The number of ether oxygens (including phenoxy) is 1. The van der Waals surface area contributed by atoms with Crippen molar-refractivity contribution in [1.82, 2.24) is 0 Å². The van der Waals surface area contributed by atoms with Gasteiger partial charge in [-0.1, -0.05) is 0 Å². The van der Waals surface area contributed by atoms with Gasteiger partial charge in [-0.2, -0.15) is 8.78 Å². The first kappa shape index (κ1) is 16.3. The average Bonchev–Trinajstić information content (AvgIpc) is 2.31. The first-order valence-corrected chi connectivity index (χ1v) is 6.18. The number of anilines is 1. The van der Waals surface area contributed by atoms with Crippen molar-refractivity contribution >= 4 is 11.6 Å². The van der Waals surface area contributed by atoms with Gasteiger partial charge in [0.15, 0.2) is 11.6 Å². The summed E-state index contributed by atoms with van der Waals surface area (Å²) in [5, 5.41) is 2.47. The van der Waals surface area contributed by atoms with E-state index in [9.17, 15) is 18.0 Å². The van der Waals surface area contributed by atoms with Crippen molar-refractivity contribution in [3.05, 3.63) is 24.0 Å². The summed E-state index contributed by atoms with van der Waals surface area (Å²) in [6.45, 7) is -1.25. The molecule has 1 unspecified atom stereocenters. The summed E-state index contributed by atoms with van der Waals surface area (Å²) in [5.74, 6) is -1.80. The predicted octanol–water partition coefficient (Wildman–Crippen LogP) is 2.88. The normalized spacial score (nSPS) is 12.3.